The molecule has 0 spiro atoms. The number of aromatic nitrogens is 2. The Labute approximate surface area is 145 Å². The normalized spacial score (nSPS) is 12.3. The van der Waals surface area contributed by atoms with Gasteiger partial charge in [-0.25, -0.2) is 8.42 Å². The predicted molar refractivity (Wildman–Crippen MR) is 88.8 cm³/mol. The number of hydrogen-bond acceptors (Lipinski definition) is 4. The minimum Gasteiger partial charge on any atom is -0.280 e. The van der Waals surface area contributed by atoms with Gasteiger partial charge in [-0.1, -0.05) is 6.07 Å². The fraction of sp³-hybridized carbons (Fsp3) is 0.133. The van der Waals surface area contributed by atoms with E-state index in [1.54, 1.807) is 24.6 Å². The van der Waals surface area contributed by atoms with Crippen molar-refractivity contribution in [2.45, 2.75) is 11.1 Å². The van der Waals surface area contributed by atoms with E-state index < -0.39 is 21.8 Å². The third kappa shape index (κ3) is 3.69. The number of alkyl halides is 3. The minimum atomic E-state index is -4.48. The van der Waals surface area contributed by atoms with Crippen LogP contribution in [0.1, 0.15) is 5.56 Å². The Morgan fingerprint density at radius 1 is 1.16 bits per heavy atom. The second-order valence-electron chi connectivity index (χ2n) is 5.17. The first kappa shape index (κ1) is 17.5. The summed E-state index contributed by atoms with van der Waals surface area (Å²) < 4.78 is 66.7. The maximum Gasteiger partial charge on any atom is 0.416 e. The van der Waals surface area contributed by atoms with Crippen LogP contribution in [0.5, 0.6) is 0 Å². The number of nitrogens with one attached hydrogen (secondary N) is 1. The average Bonchev–Trinajstić information content (AvgIpc) is 3.15. The first-order valence-corrected chi connectivity index (χ1v) is 9.31. The number of benzene rings is 1. The van der Waals surface area contributed by atoms with Crippen molar-refractivity contribution < 1.29 is 21.6 Å². The lowest BCUT2D eigenvalue weighted by molar-refractivity contribution is -0.137. The number of anilines is 1. The Hall–Kier alpha value is -2.33. The van der Waals surface area contributed by atoms with E-state index >= 15 is 0 Å². The van der Waals surface area contributed by atoms with E-state index in [1.807, 2.05) is 0 Å². The Bertz CT molecular complexity index is 976. The van der Waals surface area contributed by atoms with Crippen LogP contribution in [-0.4, -0.2) is 18.2 Å². The molecule has 132 valence electrons. The first-order chi connectivity index (χ1) is 11.7. The highest BCUT2D eigenvalue weighted by molar-refractivity contribution is 7.92. The summed E-state index contributed by atoms with van der Waals surface area (Å²) in [5.74, 6) is 0. The molecule has 3 rings (SSSR count). The number of sulfonamides is 1. The summed E-state index contributed by atoms with van der Waals surface area (Å²) in [7, 11) is -2.41. The molecule has 1 aromatic carbocycles. The molecule has 0 amide bonds. The van der Waals surface area contributed by atoms with Gasteiger partial charge in [0.25, 0.3) is 10.0 Å². The second-order valence-corrected chi connectivity index (χ2v) is 7.77. The van der Waals surface area contributed by atoms with Crippen LogP contribution in [0.15, 0.2) is 52.9 Å². The minimum absolute atomic E-state index is 0.0361. The highest BCUT2D eigenvalue weighted by atomic mass is 32.2. The number of hydrogen-bond donors (Lipinski definition) is 1. The van der Waals surface area contributed by atoms with E-state index in [4.69, 9.17) is 0 Å². The predicted octanol–water partition coefficient (Wildman–Crippen LogP) is 3.97. The van der Waals surface area contributed by atoms with Crippen LogP contribution in [0.2, 0.25) is 0 Å². The van der Waals surface area contributed by atoms with Gasteiger partial charge in [-0.05, 0) is 35.7 Å². The van der Waals surface area contributed by atoms with Crippen molar-refractivity contribution in [1.29, 1.82) is 0 Å². The van der Waals surface area contributed by atoms with Gasteiger partial charge >= 0.3 is 6.18 Å². The SMILES string of the molecule is Cn1cc(S(=O)(=O)Nc2ccc(C(F)(F)F)cc2)c(-c2cccs2)n1. The molecule has 25 heavy (non-hydrogen) atoms. The van der Waals surface area contributed by atoms with Gasteiger partial charge in [0.15, 0.2) is 0 Å². The van der Waals surface area contributed by atoms with E-state index in [1.165, 1.54) is 22.2 Å². The zero-order valence-electron chi connectivity index (χ0n) is 12.8. The van der Waals surface area contributed by atoms with Gasteiger partial charge in [-0.3, -0.25) is 9.40 Å². The molecule has 3 aromatic rings. The van der Waals surface area contributed by atoms with Crippen LogP contribution >= 0.6 is 11.3 Å². The molecule has 0 aliphatic heterocycles. The monoisotopic (exact) mass is 387 g/mol. The molecule has 2 heterocycles. The van der Waals surface area contributed by atoms with Crippen LogP contribution in [0.4, 0.5) is 18.9 Å². The lowest BCUT2D eigenvalue weighted by atomic mass is 10.2. The van der Waals surface area contributed by atoms with E-state index in [0.717, 1.165) is 24.3 Å². The molecule has 0 aliphatic rings. The van der Waals surface area contributed by atoms with Crippen molar-refractivity contribution in [2.24, 2.45) is 7.05 Å². The molecule has 0 atom stereocenters. The zero-order chi connectivity index (χ0) is 18.2. The molecule has 10 heteroatoms. The third-order valence-corrected chi connectivity index (χ3v) is 5.56. The smallest absolute Gasteiger partial charge is 0.280 e. The van der Waals surface area contributed by atoms with Crippen molar-refractivity contribution in [2.75, 3.05) is 4.72 Å². The van der Waals surface area contributed by atoms with Crippen molar-refractivity contribution in [1.82, 2.24) is 9.78 Å². The molecule has 0 bridgehead atoms. The molecule has 0 unspecified atom stereocenters. The van der Waals surface area contributed by atoms with Crippen LogP contribution < -0.4 is 4.72 Å². The highest BCUT2D eigenvalue weighted by Crippen LogP contribution is 2.32. The van der Waals surface area contributed by atoms with Gasteiger partial charge in [0.2, 0.25) is 0 Å². The molecule has 0 fully saturated rings. The Balaban J connectivity index is 1.93. The van der Waals surface area contributed by atoms with Gasteiger partial charge in [0.05, 0.1) is 10.4 Å². The topological polar surface area (TPSA) is 64.0 Å². The van der Waals surface area contributed by atoms with Crippen molar-refractivity contribution in [3.05, 3.63) is 53.5 Å². The Morgan fingerprint density at radius 2 is 1.84 bits per heavy atom. The number of rotatable bonds is 4. The van der Waals surface area contributed by atoms with Crippen LogP contribution in [0.3, 0.4) is 0 Å². The molecule has 5 nitrogen and oxygen atoms in total. The summed E-state index contributed by atoms with van der Waals surface area (Å²) in [6, 6.07) is 7.30. The molecule has 2 aromatic heterocycles. The quantitative estimate of drug-likeness (QED) is 0.737. The van der Waals surface area contributed by atoms with E-state index in [-0.39, 0.29) is 16.3 Å². The number of thiophene rings is 1. The number of nitrogens with zero attached hydrogens (tertiary/aromatic N) is 2. The number of halogens is 3. The fourth-order valence-corrected chi connectivity index (χ4v) is 4.23. The summed E-state index contributed by atoms with van der Waals surface area (Å²) in [4.78, 5) is 0.630. The molecule has 0 aliphatic carbocycles. The van der Waals surface area contributed by atoms with E-state index in [0.29, 0.717) is 4.88 Å². The summed E-state index contributed by atoms with van der Waals surface area (Å²) in [6.45, 7) is 0. The van der Waals surface area contributed by atoms with Gasteiger partial charge in [-0.15, -0.1) is 11.3 Å². The summed E-state index contributed by atoms with van der Waals surface area (Å²) in [6.07, 6.45) is -3.13. The van der Waals surface area contributed by atoms with E-state index in [2.05, 4.69) is 9.82 Å². The lowest BCUT2D eigenvalue weighted by Crippen LogP contribution is -2.13. The molecule has 0 radical (unpaired) electrons. The van der Waals surface area contributed by atoms with Crippen molar-refractivity contribution in [3.63, 3.8) is 0 Å². The summed E-state index contributed by atoms with van der Waals surface area (Å²) in [5, 5.41) is 5.96. The van der Waals surface area contributed by atoms with E-state index in [9.17, 15) is 21.6 Å². The molecular weight excluding hydrogens is 375 g/mol. The third-order valence-electron chi connectivity index (χ3n) is 3.30. The van der Waals surface area contributed by atoms with Gasteiger partial charge in [-0.2, -0.15) is 18.3 Å². The van der Waals surface area contributed by atoms with Gasteiger partial charge in [0, 0.05) is 18.9 Å². The summed E-state index contributed by atoms with van der Waals surface area (Å²) >= 11 is 1.34. The van der Waals surface area contributed by atoms with Crippen molar-refractivity contribution >= 4 is 27.0 Å². The zero-order valence-corrected chi connectivity index (χ0v) is 14.4. The van der Waals surface area contributed by atoms with Crippen LogP contribution in [0, 0.1) is 0 Å². The maximum absolute atomic E-state index is 12.6. The van der Waals surface area contributed by atoms with Crippen LogP contribution in [-0.2, 0) is 23.2 Å². The molecule has 0 saturated carbocycles. The standard InChI is InChI=1S/C15H12F3N3O2S2/c1-21-9-13(14(19-21)12-3-2-8-24-12)25(22,23)20-11-6-4-10(5-7-11)15(16,17)18/h2-9,20H,1H3. The van der Waals surface area contributed by atoms with Gasteiger partial charge < -0.3 is 0 Å². The average molecular weight is 387 g/mol. The molecular formula is C15H12F3N3O2S2. The molecule has 1 N–H and O–H groups in total. The highest BCUT2D eigenvalue weighted by Gasteiger charge is 2.30. The largest absolute Gasteiger partial charge is 0.416 e. The lowest BCUT2D eigenvalue weighted by Gasteiger charge is -2.10. The number of aryl methyl sites for hydroxylation is 1. The Morgan fingerprint density at radius 3 is 2.40 bits per heavy atom. The Kier molecular flexibility index (Phi) is 4.33. The maximum atomic E-state index is 12.6. The van der Waals surface area contributed by atoms with Crippen molar-refractivity contribution in [3.8, 4) is 10.6 Å². The summed E-state index contributed by atoms with van der Waals surface area (Å²) in [5.41, 5.74) is -0.526. The molecule has 0 saturated heterocycles. The first-order valence-electron chi connectivity index (χ1n) is 6.94. The fourth-order valence-electron chi connectivity index (χ4n) is 2.18. The van der Waals surface area contributed by atoms with Crippen LogP contribution in [0.25, 0.3) is 10.6 Å². The second kappa shape index (κ2) is 6.19. The van der Waals surface area contributed by atoms with Gasteiger partial charge in [0.1, 0.15) is 10.6 Å².